The third-order valence-corrected chi connectivity index (χ3v) is 6.69. The lowest BCUT2D eigenvalue weighted by Gasteiger charge is -2.22. The first-order valence-electron chi connectivity index (χ1n) is 10.7. The highest BCUT2D eigenvalue weighted by atomic mass is 32.1. The molecule has 7 nitrogen and oxygen atoms in total. The SMILES string of the molecule is CCc1cn2c(-c3cn[nH]c3)cnc2c(Nc2cc(CNC3CCCCC3)cs2)n1. The molecule has 0 amide bonds. The van der Waals surface area contributed by atoms with E-state index in [0.717, 1.165) is 46.4 Å². The van der Waals surface area contributed by atoms with Crippen LogP contribution < -0.4 is 10.6 Å². The van der Waals surface area contributed by atoms with Crippen molar-refractivity contribution in [2.75, 3.05) is 5.32 Å². The minimum atomic E-state index is 0.670. The average molecular weight is 422 g/mol. The summed E-state index contributed by atoms with van der Waals surface area (Å²) in [5, 5.41) is 17.5. The number of rotatable bonds is 7. The zero-order chi connectivity index (χ0) is 20.3. The van der Waals surface area contributed by atoms with Gasteiger partial charge in [-0.15, -0.1) is 11.3 Å². The van der Waals surface area contributed by atoms with E-state index < -0.39 is 0 Å². The molecule has 0 spiro atoms. The zero-order valence-corrected chi connectivity index (χ0v) is 18.0. The van der Waals surface area contributed by atoms with Gasteiger partial charge in [0.25, 0.3) is 0 Å². The van der Waals surface area contributed by atoms with Crippen molar-refractivity contribution >= 4 is 27.8 Å². The van der Waals surface area contributed by atoms with Crippen molar-refractivity contribution in [2.24, 2.45) is 0 Å². The molecule has 1 fully saturated rings. The van der Waals surface area contributed by atoms with Crippen LogP contribution >= 0.6 is 11.3 Å². The Labute approximate surface area is 180 Å². The van der Waals surface area contributed by atoms with E-state index in [1.807, 2.05) is 18.6 Å². The van der Waals surface area contributed by atoms with E-state index in [9.17, 15) is 0 Å². The number of H-pyrrole nitrogens is 1. The van der Waals surface area contributed by atoms with E-state index in [-0.39, 0.29) is 0 Å². The van der Waals surface area contributed by atoms with E-state index in [1.54, 1.807) is 11.3 Å². The second-order valence-corrected chi connectivity index (χ2v) is 8.83. The smallest absolute Gasteiger partial charge is 0.180 e. The second-order valence-electron chi connectivity index (χ2n) is 7.92. The lowest BCUT2D eigenvalue weighted by Crippen LogP contribution is -2.30. The van der Waals surface area contributed by atoms with Crippen molar-refractivity contribution in [3.05, 3.63) is 47.5 Å². The molecule has 0 aromatic carbocycles. The van der Waals surface area contributed by atoms with Gasteiger partial charge in [-0.1, -0.05) is 26.2 Å². The number of aryl methyl sites for hydroxylation is 1. The molecule has 4 aromatic rings. The van der Waals surface area contributed by atoms with Gasteiger partial charge in [-0.05, 0) is 36.3 Å². The van der Waals surface area contributed by atoms with Crippen LogP contribution in [-0.2, 0) is 13.0 Å². The van der Waals surface area contributed by atoms with Gasteiger partial charge in [-0.2, -0.15) is 5.10 Å². The highest BCUT2D eigenvalue weighted by Crippen LogP contribution is 2.29. The lowest BCUT2D eigenvalue weighted by molar-refractivity contribution is 0.372. The number of nitrogens with zero attached hydrogens (tertiary/aromatic N) is 4. The van der Waals surface area contributed by atoms with E-state index in [1.165, 1.54) is 37.7 Å². The molecule has 3 N–H and O–H groups in total. The van der Waals surface area contributed by atoms with Gasteiger partial charge in [0.05, 0.1) is 28.8 Å². The summed E-state index contributed by atoms with van der Waals surface area (Å²) >= 11 is 1.71. The summed E-state index contributed by atoms with van der Waals surface area (Å²) < 4.78 is 2.10. The molecule has 8 heteroatoms. The number of fused-ring (bicyclic) bond motifs is 1. The molecule has 0 unspecified atom stereocenters. The standard InChI is InChI=1S/C22H27N7S/c1-2-17-13-29-19(16-10-25-26-11-16)12-24-22(29)21(27-17)28-20-8-15(14-30-20)9-23-18-6-4-3-5-7-18/h8,10-14,18,23H,2-7,9H2,1H3,(H,25,26)(H,27,28). The number of nitrogens with one attached hydrogen (secondary N) is 3. The summed E-state index contributed by atoms with van der Waals surface area (Å²) in [5.41, 5.74) is 5.16. The predicted octanol–water partition coefficient (Wildman–Crippen LogP) is 4.91. The van der Waals surface area contributed by atoms with Crippen LogP contribution in [0.25, 0.3) is 16.9 Å². The van der Waals surface area contributed by atoms with Gasteiger partial charge in [0.15, 0.2) is 11.5 Å². The van der Waals surface area contributed by atoms with Crippen LogP contribution in [0.15, 0.2) is 36.2 Å². The van der Waals surface area contributed by atoms with E-state index in [4.69, 9.17) is 4.98 Å². The molecule has 4 heterocycles. The lowest BCUT2D eigenvalue weighted by atomic mass is 9.95. The Morgan fingerprint density at radius 2 is 2.13 bits per heavy atom. The normalized spacial score (nSPS) is 15.1. The molecule has 0 radical (unpaired) electrons. The number of hydrogen-bond acceptors (Lipinski definition) is 6. The van der Waals surface area contributed by atoms with Crippen LogP contribution in [-0.4, -0.2) is 30.6 Å². The Morgan fingerprint density at radius 1 is 1.23 bits per heavy atom. The molecular weight excluding hydrogens is 394 g/mol. The molecule has 0 atom stereocenters. The van der Waals surface area contributed by atoms with E-state index >= 15 is 0 Å². The van der Waals surface area contributed by atoms with Gasteiger partial charge in [0.1, 0.15) is 0 Å². The third kappa shape index (κ3) is 3.97. The molecule has 1 aliphatic carbocycles. The maximum atomic E-state index is 4.81. The quantitative estimate of drug-likeness (QED) is 0.395. The molecule has 5 rings (SSSR count). The van der Waals surface area contributed by atoms with Gasteiger partial charge in [-0.3, -0.25) is 9.50 Å². The average Bonchev–Trinajstić information content (AvgIpc) is 3.53. The Hall–Kier alpha value is -2.71. The summed E-state index contributed by atoms with van der Waals surface area (Å²) in [4.78, 5) is 9.45. The van der Waals surface area contributed by atoms with Crippen molar-refractivity contribution in [2.45, 2.75) is 58.0 Å². The molecule has 0 bridgehead atoms. The van der Waals surface area contributed by atoms with Crippen LogP contribution in [0.2, 0.25) is 0 Å². The van der Waals surface area contributed by atoms with Crippen molar-refractivity contribution in [1.29, 1.82) is 0 Å². The minimum Gasteiger partial charge on any atom is -0.329 e. The van der Waals surface area contributed by atoms with Crippen molar-refractivity contribution < 1.29 is 0 Å². The highest BCUT2D eigenvalue weighted by Gasteiger charge is 2.15. The fraction of sp³-hybridized carbons (Fsp3) is 0.409. The van der Waals surface area contributed by atoms with Gasteiger partial charge in [0, 0.05) is 30.5 Å². The molecule has 0 saturated heterocycles. The molecule has 1 aliphatic rings. The molecule has 0 aliphatic heterocycles. The third-order valence-electron chi connectivity index (χ3n) is 5.79. The van der Waals surface area contributed by atoms with Crippen LogP contribution in [0.4, 0.5) is 10.8 Å². The number of aromatic amines is 1. The van der Waals surface area contributed by atoms with Crippen molar-refractivity contribution in [3.63, 3.8) is 0 Å². The van der Waals surface area contributed by atoms with Gasteiger partial charge in [0.2, 0.25) is 0 Å². The Balaban J connectivity index is 1.37. The first-order valence-corrected chi connectivity index (χ1v) is 11.6. The topological polar surface area (TPSA) is 82.9 Å². The molecule has 156 valence electrons. The van der Waals surface area contributed by atoms with E-state index in [0.29, 0.717) is 6.04 Å². The zero-order valence-electron chi connectivity index (χ0n) is 17.2. The molecular formula is C22H27N7S. The summed E-state index contributed by atoms with van der Waals surface area (Å²) in [6.45, 7) is 3.04. The summed E-state index contributed by atoms with van der Waals surface area (Å²) in [7, 11) is 0. The fourth-order valence-electron chi connectivity index (χ4n) is 4.12. The van der Waals surface area contributed by atoms with Crippen molar-refractivity contribution in [3.8, 4) is 11.3 Å². The van der Waals surface area contributed by atoms with Crippen molar-refractivity contribution in [1.82, 2.24) is 29.9 Å². The van der Waals surface area contributed by atoms with Crippen LogP contribution in [0.5, 0.6) is 0 Å². The number of anilines is 2. The van der Waals surface area contributed by atoms with Crippen LogP contribution in [0, 0.1) is 0 Å². The molecule has 1 saturated carbocycles. The summed E-state index contributed by atoms with van der Waals surface area (Å²) in [5.74, 6) is 0.790. The van der Waals surface area contributed by atoms with Gasteiger partial charge in [-0.25, -0.2) is 9.97 Å². The monoisotopic (exact) mass is 421 g/mol. The highest BCUT2D eigenvalue weighted by molar-refractivity contribution is 7.14. The van der Waals surface area contributed by atoms with Gasteiger partial charge < -0.3 is 10.6 Å². The Kier molecular flexibility index (Phi) is 5.50. The number of thiophene rings is 1. The number of imidazole rings is 1. The second kappa shape index (κ2) is 8.57. The number of aromatic nitrogens is 5. The van der Waals surface area contributed by atoms with Gasteiger partial charge >= 0.3 is 0 Å². The summed E-state index contributed by atoms with van der Waals surface area (Å²) in [6, 6.07) is 2.89. The Bertz CT molecular complexity index is 1110. The van der Waals surface area contributed by atoms with Crippen LogP contribution in [0.1, 0.15) is 50.3 Å². The maximum absolute atomic E-state index is 4.81. The number of hydrogen-bond donors (Lipinski definition) is 3. The molecule has 4 aromatic heterocycles. The van der Waals surface area contributed by atoms with E-state index in [2.05, 4.69) is 54.8 Å². The fourth-order valence-corrected chi connectivity index (χ4v) is 4.92. The minimum absolute atomic E-state index is 0.670. The Morgan fingerprint density at radius 3 is 2.93 bits per heavy atom. The first-order chi connectivity index (χ1) is 14.8. The van der Waals surface area contributed by atoms with Crippen LogP contribution in [0.3, 0.4) is 0 Å². The first kappa shape index (κ1) is 19.3. The molecule has 30 heavy (non-hydrogen) atoms. The maximum Gasteiger partial charge on any atom is 0.180 e. The summed E-state index contributed by atoms with van der Waals surface area (Å²) in [6.07, 6.45) is 15.2. The largest absolute Gasteiger partial charge is 0.329 e. The predicted molar refractivity (Wildman–Crippen MR) is 121 cm³/mol.